The van der Waals surface area contributed by atoms with Crippen molar-refractivity contribution < 1.29 is 5.11 Å². The summed E-state index contributed by atoms with van der Waals surface area (Å²) in [7, 11) is 0. The van der Waals surface area contributed by atoms with Gasteiger partial charge in [0.05, 0.1) is 0 Å². The van der Waals surface area contributed by atoms with E-state index in [0.717, 1.165) is 18.4 Å². The summed E-state index contributed by atoms with van der Waals surface area (Å²) < 4.78 is 0. The summed E-state index contributed by atoms with van der Waals surface area (Å²) in [6.07, 6.45) is 2.22. The van der Waals surface area contributed by atoms with Gasteiger partial charge in [0.25, 0.3) is 0 Å². The van der Waals surface area contributed by atoms with Crippen LogP contribution in [0.5, 0.6) is 5.75 Å². The van der Waals surface area contributed by atoms with Crippen molar-refractivity contribution in [1.82, 2.24) is 0 Å². The van der Waals surface area contributed by atoms with E-state index in [1.54, 1.807) is 0 Å². The zero-order valence-electron chi connectivity index (χ0n) is 13.0. The van der Waals surface area contributed by atoms with Crippen LogP contribution in [0.15, 0.2) is 12.1 Å². The molecule has 102 valence electrons. The topological polar surface area (TPSA) is 20.2 Å². The molecule has 0 aromatic heterocycles. The number of phenols is 1. The van der Waals surface area contributed by atoms with Gasteiger partial charge in [-0.2, -0.15) is 0 Å². The molecule has 0 atom stereocenters. The van der Waals surface area contributed by atoms with E-state index in [4.69, 9.17) is 0 Å². The minimum absolute atomic E-state index is 0.0313. The van der Waals surface area contributed by atoms with Gasteiger partial charge < -0.3 is 5.11 Å². The fourth-order valence-corrected chi connectivity index (χ4v) is 2.73. The van der Waals surface area contributed by atoms with E-state index in [2.05, 4.69) is 54.5 Å². The van der Waals surface area contributed by atoms with E-state index in [-0.39, 0.29) is 10.8 Å². The fourth-order valence-electron chi connectivity index (χ4n) is 2.73. The van der Waals surface area contributed by atoms with Crippen molar-refractivity contribution in [2.24, 2.45) is 0 Å². The average molecular weight is 248 g/mol. The van der Waals surface area contributed by atoms with Crippen molar-refractivity contribution in [1.29, 1.82) is 0 Å². The van der Waals surface area contributed by atoms with E-state index in [0.29, 0.717) is 5.75 Å². The second-order valence-electron chi connectivity index (χ2n) is 7.24. The SMILES string of the molecule is CCCc1ccc(O)c(C(C)(C)C)c1C(C)(C)C. The van der Waals surface area contributed by atoms with E-state index in [1.807, 2.05) is 6.07 Å². The molecule has 0 saturated carbocycles. The Bertz CT molecular complexity index is 416. The molecule has 0 aliphatic heterocycles. The smallest absolute Gasteiger partial charge is 0.119 e. The van der Waals surface area contributed by atoms with E-state index in [9.17, 15) is 5.11 Å². The van der Waals surface area contributed by atoms with Crippen LogP contribution in [0.25, 0.3) is 0 Å². The fraction of sp³-hybridized carbons (Fsp3) is 0.647. The number of rotatable bonds is 2. The third kappa shape index (κ3) is 3.07. The number of aromatic hydroxyl groups is 1. The molecule has 0 aliphatic rings. The lowest BCUT2D eigenvalue weighted by Gasteiger charge is -2.33. The van der Waals surface area contributed by atoms with Crippen LogP contribution in [0, 0.1) is 0 Å². The number of phenolic OH excluding ortho intramolecular Hbond substituents is 1. The van der Waals surface area contributed by atoms with Crippen LogP contribution in [0.3, 0.4) is 0 Å². The first-order valence-corrected chi connectivity index (χ1v) is 6.94. The summed E-state index contributed by atoms with van der Waals surface area (Å²) in [6.45, 7) is 15.4. The predicted octanol–water partition coefficient (Wildman–Crippen LogP) is 4.94. The van der Waals surface area contributed by atoms with Crippen LogP contribution in [0.2, 0.25) is 0 Å². The van der Waals surface area contributed by atoms with Gasteiger partial charge in [0.2, 0.25) is 0 Å². The van der Waals surface area contributed by atoms with Gasteiger partial charge in [-0.3, -0.25) is 0 Å². The van der Waals surface area contributed by atoms with E-state index < -0.39 is 0 Å². The van der Waals surface area contributed by atoms with Crippen LogP contribution >= 0.6 is 0 Å². The van der Waals surface area contributed by atoms with Crippen molar-refractivity contribution in [2.45, 2.75) is 72.1 Å². The van der Waals surface area contributed by atoms with Gasteiger partial charge in [0.1, 0.15) is 5.75 Å². The maximum absolute atomic E-state index is 10.3. The van der Waals surface area contributed by atoms with Gasteiger partial charge in [-0.25, -0.2) is 0 Å². The highest BCUT2D eigenvalue weighted by atomic mass is 16.3. The third-order valence-electron chi connectivity index (χ3n) is 3.29. The number of benzene rings is 1. The molecular weight excluding hydrogens is 220 g/mol. The van der Waals surface area contributed by atoms with Gasteiger partial charge in [-0.1, -0.05) is 61.0 Å². The maximum Gasteiger partial charge on any atom is 0.119 e. The molecule has 1 aromatic carbocycles. The average Bonchev–Trinajstić information content (AvgIpc) is 2.17. The molecule has 0 aliphatic carbocycles. The zero-order valence-corrected chi connectivity index (χ0v) is 13.0. The highest BCUT2D eigenvalue weighted by Crippen LogP contribution is 2.41. The van der Waals surface area contributed by atoms with Crippen molar-refractivity contribution in [3.63, 3.8) is 0 Å². The van der Waals surface area contributed by atoms with Crippen molar-refractivity contribution in [3.05, 3.63) is 28.8 Å². The van der Waals surface area contributed by atoms with Gasteiger partial charge in [-0.15, -0.1) is 0 Å². The molecule has 0 saturated heterocycles. The molecule has 1 nitrogen and oxygen atoms in total. The van der Waals surface area contributed by atoms with Gasteiger partial charge in [-0.05, 0) is 34.4 Å². The molecule has 1 N–H and O–H groups in total. The minimum atomic E-state index is -0.0313. The van der Waals surface area contributed by atoms with Gasteiger partial charge >= 0.3 is 0 Å². The first-order valence-electron chi connectivity index (χ1n) is 6.94. The van der Waals surface area contributed by atoms with Crippen LogP contribution in [0.1, 0.15) is 71.6 Å². The molecule has 1 aromatic rings. The molecule has 0 amide bonds. The van der Waals surface area contributed by atoms with Crippen LogP contribution in [-0.2, 0) is 17.3 Å². The van der Waals surface area contributed by atoms with Crippen molar-refractivity contribution >= 4 is 0 Å². The van der Waals surface area contributed by atoms with Crippen LogP contribution in [-0.4, -0.2) is 5.11 Å². The first kappa shape index (κ1) is 15.1. The molecular formula is C17H28O. The Labute approximate surface area is 112 Å². The number of aryl methyl sites for hydroxylation is 1. The second-order valence-corrected chi connectivity index (χ2v) is 7.24. The van der Waals surface area contributed by atoms with Gasteiger partial charge in [0, 0.05) is 5.56 Å². The normalized spacial score (nSPS) is 12.8. The lowest BCUT2D eigenvalue weighted by molar-refractivity contribution is 0.433. The summed E-state index contributed by atoms with van der Waals surface area (Å²) in [5, 5.41) is 10.3. The summed E-state index contributed by atoms with van der Waals surface area (Å²) in [5.74, 6) is 0.437. The van der Waals surface area contributed by atoms with E-state index in [1.165, 1.54) is 11.1 Å². The Morgan fingerprint density at radius 1 is 0.889 bits per heavy atom. The van der Waals surface area contributed by atoms with Crippen molar-refractivity contribution in [3.8, 4) is 5.75 Å². The minimum Gasteiger partial charge on any atom is -0.508 e. The Kier molecular flexibility index (Phi) is 4.15. The molecule has 0 spiro atoms. The summed E-state index contributed by atoms with van der Waals surface area (Å²) in [5.41, 5.74) is 3.85. The quantitative estimate of drug-likeness (QED) is 0.786. The van der Waals surface area contributed by atoms with Crippen molar-refractivity contribution in [2.75, 3.05) is 0 Å². The highest BCUT2D eigenvalue weighted by molar-refractivity contribution is 5.51. The maximum atomic E-state index is 10.3. The highest BCUT2D eigenvalue weighted by Gasteiger charge is 2.29. The molecule has 1 rings (SSSR count). The Morgan fingerprint density at radius 2 is 1.39 bits per heavy atom. The predicted molar refractivity (Wildman–Crippen MR) is 79.5 cm³/mol. The largest absolute Gasteiger partial charge is 0.508 e. The summed E-state index contributed by atoms with van der Waals surface area (Å²) >= 11 is 0. The Morgan fingerprint density at radius 3 is 1.78 bits per heavy atom. The summed E-state index contributed by atoms with van der Waals surface area (Å²) in [6, 6.07) is 3.95. The first-order chi connectivity index (χ1) is 8.09. The molecule has 18 heavy (non-hydrogen) atoms. The Hall–Kier alpha value is -0.980. The number of hydrogen-bond donors (Lipinski definition) is 1. The standard InChI is InChI=1S/C17H28O/c1-8-9-12-10-11-13(18)15(17(5,6)7)14(12)16(2,3)4/h10-11,18H,8-9H2,1-7H3. The lowest BCUT2D eigenvalue weighted by atomic mass is 9.72. The monoisotopic (exact) mass is 248 g/mol. The molecule has 0 fully saturated rings. The van der Waals surface area contributed by atoms with Crippen LogP contribution < -0.4 is 0 Å². The third-order valence-corrected chi connectivity index (χ3v) is 3.29. The molecule has 0 unspecified atom stereocenters. The Balaban J connectivity index is 3.62. The molecule has 1 heteroatoms. The van der Waals surface area contributed by atoms with Gasteiger partial charge in [0.15, 0.2) is 0 Å². The lowest BCUT2D eigenvalue weighted by Crippen LogP contribution is -2.24. The number of hydrogen-bond acceptors (Lipinski definition) is 1. The van der Waals surface area contributed by atoms with Crippen LogP contribution in [0.4, 0.5) is 0 Å². The summed E-state index contributed by atoms with van der Waals surface area (Å²) in [4.78, 5) is 0. The zero-order chi connectivity index (χ0) is 14.1. The van der Waals surface area contributed by atoms with E-state index >= 15 is 0 Å². The molecule has 0 radical (unpaired) electrons. The molecule has 0 heterocycles. The molecule has 0 bridgehead atoms. The second kappa shape index (κ2) is 4.95.